The molecule has 0 aromatic heterocycles. The number of rotatable bonds is 6. The largest absolute Gasteiger partial charge is 0.394 e. The van der Waals surface area contributed by atoms with Gasteiger partial charge in [-0.2, -0.15) is 11.8 Å². The van der Waals surface area contributed by atoms with Crippen molar-refractivity contribution in [3.05, 3.63) is 35.9 Å². The molecule has 1 aromatic rings. The van der Waals surface area contributed by atoms with Gasteiger partial charge in [-0.25, -0.2) is 0 Å². The van der Waals surface area contributed by atoms with Crippen molar-refractivity contribution in [1.29, 1.82) is 0 Å². The highest BCUT2D eigenvalue weighted by molar-refractivity contribution is 7.99. The van der Waals surface area contributed by atoms with Crippen molar-refractivity contribution in [2.75, 3.05) is 19.0 Å². The zero-order valence-electron chi connectivity index (χ0n) is 11.4. The number of aliphatic hydroxyl groups excluding tert-OH is 1. The number of thioether (sulfide) groups is 1. The lowest BCUT2D eigenvalue weighted by Gasteiger charge is -2.28. The molecule has 1 heterocycles. The van der Waals surface area contributed by atoms with Gasteiger partial charge in [-0.1, -0.05) is 30.3 Å². The maximum Gasteiger partial charge on any atom is 0.0666 e. The molecule has 19 heavy (non-hydrogen) atoms. The zero-order chi connectivity index (χ0) is 13.7. The average Bonchev–Trinajstić information content (AvgIpc) is 2.85. The van der Waals surface area contributed by atoms with Crippen LogP contribution in [0.5, 0.6) is 0 Å². The summed E-state index contributed by atoms with van der Waals surface area (Å²) in [7, 11) is 0. The van der Waals surface area contributed by atoms with Gasteiger partial charge in [-0.3, -0.25) is 0 Å². The molecule has 3 N–H and O–H groups in total. The van der Waals surface area contributed by atoms with Gasteiger partial charge in [0.2, 0.25) is 0 Å². The van der Waals surface area contributed by atoms with E-state index in [1.165, 1.54) is 0 Å². The molecule has 0 saturated carbocycles. The molecule has 1 saturated heterocycles. The van der Waals surface area contributed by atoms with E-state index in [2.05, 4.69) is 6.92 Å². The van der Waals surface area contributed by atoms with E-state index in [4.69, 9.17) is 10.5 Å². The van der Waals surface area contributed by atoms with E-state index in [9.17, 15) is 5.11 Å². The predicted molar refractivity (Wildman–Crippen MR) is 80.3 cm³/mol. The maximum absolute atomic E-state index is 9.62. The van der Waals surface area contributed by atoms with Crippen molar-refractivity contribution in [3.63, 3.8) is 0 Å². The summed E-state index contributed by atoms with van der Waals surface area (Å²) in [6.45, 7) is 2.98. The van der Waals surface area contributed by atoms with E-state index >= 15 is 0 Å². The van der Waals surface area contributed by atoms with Gasteiger partial charge in [0, 0.05) is 11.9 Å². The van der Waals surface area contributed by atoms with Crippen molar-refractivity contribution in [2.24, 2.45) is 5.73 Å². The lowest BCUT2D eigenvalue weighted by atomic mass is 9.89. The first-order valence-electron chi connectivity index (χ1n) is 6.84. The van der Waals surface area contributed by atoms with E-state index in [0.717, 1.165) is 30.8 Å². The van der Waals surface area contributed by atoms with Crippen LogP contribution in [-0.4, -0.2) is 35.4 Å². The zero-order valence-corrected chi connectivity index (χ0v) is 12.2. The van der Waals surface area contributed by atoms with E-state index in [-0.39, 0.29) is 6.61 Å². The fraction of sp³-hybridized carbons (Fsp3) is 0.600. The van der Waals surface area contributed by atoms with Gasteiger partial charge >= 0.3 is 0 Å². The molecule has 1 aliphatic rings. The number of benzene rings is 1. The van der Waals surface area contributed by atoms with Crippen LogP contribution in [0.15, 0.2) is 30.3 Å². The van der Waals surface area contributed by atoms with Crippen LogP contribution in [-0.2, 0) is 10.3 Å². The monoisotopic (exact) mass is 281 g/mol. The molecular formula is C15H23NO2S. The SMILES string of the molecule is CC1OCCC1SCCC(N)(CO)c1ccccc1. The van der Waals surface area contributed by atoms with E-state index < -0.39 is 5.54 Å². The van der Waals surface area contributed by atoms with Gasteiger partial charge in [0.1, 0.15) is 0 Å². The average molecular weight is 281 g/mol. The van der Waals surface area contributed by atoms with Crippen LogP contribution in [0.1, 0.15) is 25.3 Å². The molecule has 3 nitrogen and oxygen atoms in total. The summed E-state index contributed by atoms with van der Waals surface area (Å²) in [5, 5.41) is 10.2. The Labute approximate surface area is 119 Å². The van der Waals surface area contributed by atoms with Gasteiger partial charge in [0.25, 0.3) is 0 Å². The minimum absolute atomic E-state index is 0.0196. The van der Waals surface area contributed by atoms with Gasteiger partial charge in [-0.15, -0.1) is 0 Å². The van der Waals surface area contributed by atoms with Crippen LogP contribution in [0.3, 0.4) is 0 Å². The summed E-state index contributed by atoms with van der Waals surface area (Å²) in [6.07, 6.45) is 2.23. The third kappa shape index (κ3) is 3.72. The highest BCUT2D eigenvalue weighted by atomic mass is 32.2. The van der Waals surface area contributed by atoms with Crippen LogP contribution in [0.25, 0.3) is 0 Å². The second kappa shape index (κ2) is 6.75. The van der Waals surface area contributed by atoms with E-state index in [0.29, 0.717) is 11.4 Å². The quantitative estimate of drug-likeness (QED) is 0.839. The summed E-state index contributed by atoms with van der Waals surface area (Å²) in [5.41, 5.74) is 6.72. The molecule has 1 fully saturated rings. The molecule has 3 atom stereocenters. The molecule has 2 rings (SSSR count). The summed E-state index contributed by atoms with van der Waals surface area (Å²) in [6, 6.07) is 9.87. The lowest BCUT2D eigenvalue weighted by Crippen LogP contribution is -2.41. The Hall–Kier alpha value is -0.550. The Morgan fingerprint density at radius 2 is 2.16 bits per heavy atom. The fourth-order valence-electron chi connectivity index (χ4n) is 2.41. The molecule has 0 spiro atoms. The van der Waals surface area contributed by atoms with Crippen molar-refractivity contribution >= 4 is 11.8 Å². The highest BCUT2D eigenvalue weighted by Gasteiger charge is 2.28. The van der Waals surface area contributed by atoms with Crippen LogP contribution in [0.2, 0.25) is 0 Å². The van der Waals surface area contributed by atoms with Crippen LogP contribution < -0.4 is 5.73 Å². The summed E-state index contributed by atoms with van der Waals surface area (Å²) >= 11 is 1.91. The summed E-state index contributed by atoms with van der Waals surface area (Å²) in [5.74, 6) is 0.949. The molecule has 0 bridgehead atoms. The normalized spacial score (nSPS) is 26.3. The number of ether oxygens (including phenoxy) is 1. The number of hydrogen-bond donors (Lipinski definition) is 2. The first-order chi connectivity index (χ1) is 9.15. The van der Waals surface area contributed by atoms with Crippen LogP contribution in [0, 0.1) is 0 Å². The van der Waals surface area contributed by atoms with Gasteiger partial charge < -0.3 is 15.6 Å². The molecular weight excluding hydrogens is 258 g/mol. The smallest absolute Gasteiger partial charge is 0.0666 e. The Morgan fingerprint density at radius 1 is 1.42 bits per heavy atom. The standard InChI is InChI=1S/C15H23NO2S/c1-12-14(7-9-18-12)19-10-8-15(16,11-17)13-5-3-2-4-6-13/h2-6,12,14,17H,7-11,16H2,1H3. The Morgan fingerprint density at radius 3 is 2.74 bits per heavy atom. The molecule has 1 aromatic carbocycles. The summed E-state index contributed by atoms with van der Waals surface area (Å²) < 4.78 is 5.56. The fourth-order valence-corrected chi connectivity index (χ4v) is 3.81. The Bertz CT molecular complexity index is 387. The van der Waals surface area contributed by atoms with Crippen molar-refractivity contribution in [1.82, 2.24) is 0 Å². The molecule has 106 valence electrons. The molecule has 0 radical (unpaired) electrons. The van der Waals surface area contributed by atoms with Gasteiger partial charge in [0.15, 0.2) is 0 Å². The van der Waals surface area contributed by atoms with Gasteiger partial charge in [0.05, 0.1) is 18.2 Å². The molecule has 0 amide bonds. The Kier molecular flexibility index (Phi) is 5.28. The lowest BCUT2D eigenvalue weighted by molar-refractivity contribution is 0.127. The minimum Gasteiger partial charge on any atom is -0.394 e. The first kappa shape index (κ1) is 14.9. The number of aliphatic hydroxyl groups is 1. The van der Waals surface area contributed by atoms with Gasteiger partial charge in [-0.05, 0) is 31.1 Å². The number of hydrogen-bond acceptors (Lipinski definition) is 4. The van der Waals surface area contributed by atoms with Crippen molar-refractivity contribution in [3.8, 4) is 0 Å². The highest BCUT2D eigenvalue weighted by Crippen LogP contribution is 2.30. The minimum atomic E-state index is -0.628. The molecule has 1 aliphatic heterocycles. The van der Waals surface area contributed by atoms with Crippen LogP contribution in [0.4, 0.5) is 0 Å². The predicted octanol–water partition coefficient (Wildman–Crippen LogP) is 2.13. The van der Waals surface area contributed by atoms with E-state index in [1.807, 2.05) is 42.1 Å². The maximum atomic E-state index is 9.62. The summed E-state index contributed by atoms with van der Waals surface area (Å²) in [4.78, 5) is 0. The molecule has 4 heteroatoms. The van der Waals surface area contributed by atoms with Crippen molar-refractivity contribution < 1.29 is 9.84 Å². The topological polar surface area (TPSA) is 55.5 Å². The second-order valence-electron chi connectivity index (χ2n) is 5.20. The van der Waals surface area contributed by atoms with Crippen LogP contribution >= 0.6 is 11.8 Å². The molecule has 3 unspecified atom stereocenters. The van der Waals surface area contributed by atoms with E-state index in [1.54, 1.807) is 0 Å². The number of nitrogens with two attached hydrogens (primary N) is 1. The molecule has 0 aliphatic carbocycles. The first-order valence-corrected chi connectivity index (χ1v) is 7.89. The second-order valence-corrected chi connectivity index (χ2v) is 6.55. The third-order valence-electron chi connectivity index (χ3n) is 3.82. The Balaban J connectivity index is 1.88. The van der Waals surface area contributed by atoms with Crippen molar-refractivity contribution in [2.45, 2.75) is 36.7 Å². The third-order valence-corrected chi connectivity index (χ3v) is 5.30.